The van der Waals surface area contributed by atoms with Crippen LogP contribution >= 0.6 is 0 Å². The smallest absolute Gasteiger partial charge is 0.434 e. The molecule has 1 aliphatic rings. The molecule has 9 nitrogen and oxygen atoms in total. The van der Waals surface area contributed by atoms with E-state index in [2.05, 4.69) is 15.6 Å². The minimum absolute atomic E-state index is 0.0244. The summed E-state index contributed by atoms with van der Waals surface area (Å²) in [7, 11) is 1.47. The van der Waals surface area contributed by atoms with Crippen molar-refractivity contribution in [3.63, 3.8) is 0 Å². The zero-order valence-electron chi connectivity index (χ0n) is 16.9. The van der Waals surface area contributed by atoms with Crippen LogP contribution in [-0.2, 0) is 10.3 Å². The van der Waals surface area contributed by atoms with E-state index < -0.39 is 11.6 Å². The van der Waals surface area contributed by atoms with Gasteiger partial charge < -0.3 is 21.5 Å². The Morgan fingerprint density at radius 3 is 2.63 bits per heavy atom. The van der Waals surface area contributed by atoms with Gasteiger partial charge in [-0.2, -0.15) is 0 Å². The summed E-state index contributed by atoms with van der Waals surface area (Å²) in [5.74, 6) is -0.345. The molecule has 0 aromatic heterocycles. The van der Waals surface area contributed by atoms with Crippen molar-refractivity contribution in [1.29, 1.82) is 0 Å². The number of nitrogens with one attached hydrogen (secondary N) is 2. The highest BCUT2D eigenvalue weighted by atomic mass is 16.4. The second-order valence-corrected chi connectivity index (χ2v) is 7.37. The van der Waals surface area contributed by atoms with Crippen LogP contribution in [0.1, 0.15) is 36.2 Å². The first-order chi connectivity index (χ1) is 14.1. The van der Waals surface area contributed by atoms with Crippen molar-refractivity contribution < 1.29 is 19.5 Å². The van der Waals surface area contributed by atoms with Crippen molar-refractivity contribution in [2.75, 3.05) is 18.1 Å². The van der Waals surface area contributed by atoms with Crippen LogP contribution < -0.4 is 16.4 Å². The Labute approximate surface area is 173 Å². The molecule has 5 N–H and O–H groups in total. The van der Waals surface area contributed by atoms with E-state index in [1.807, 2.05) is 31.2 Å². The zero-order chi connectivity index (χ0) is 22.1. The van der Waals surface area contributed by atoms with E-state index in [-0.39, 0.29) is 24.1 Å². The molecule has 0 aliphatic carbocycles. The molecule has 1 aliphatic heterocycles. The number of nitrogens with two attached hydrogens (primary N) is 1. The third-order valence-corrected chi connectivity index (χ3v) is 5.02. The second-order valence-electron chi connectivity index (χ2n) is 7.37. The standard InChI is InChI=1S/C21H23N5O4/c1-12(27)13-7-8-17(16(22)9-13)23-15-6-4-5-14(10-15)21(2)11-18(28)26(3)19(25-21)24-20(29)30/h4-10,23H,11,22H2,1-3H3,(H,24,25)(H,29,30)/t21-/m0/s1. The summed E-state index contributed by atoms with van der Waals surface area (Å²) in [6, 6.07) is 12.4. The monoisotopic (exact) mass is 409 g/mol. The number of rotatable bonds is 4. The zero-order valence-corrected chi connectivity index (χ0v) is 16.9. The third kappa shape index (κ3) is 4.24. The SMILES string of the molecule is CC(=O)c1ccc(Nc2cccc([C@]3(C)CC(=O)N(C)/C(=N/C(=O)O)N3)c2)c(N)c1. The highest BCUT2D eigenvalue weighted by molar-refractivity contribution is 6.03. The molecule has 1 fully saturated rings. The fourth-order valence-electron chi connectivity index (χ4n) is 3.27. The summed E-state index contributed by atoms with van der Waals surface area (Å²) >= 11 is 0. The van der Waals surface area contributed by atoms with Crippen molar-refractivity contribution in [2.45, 2.75) is 25.8 Å². The molecule has 9 heteroatoms. The molecule has 3 rings (SSSR count). The van der Waals surface area contributed by atoms with Crippen molar-refractivity contribution in [1.82, 2.24) is 10.2 Å². The Morgan fingerprint density at radius 1 is 1.27 bits per heavy atom. The quantitative estimate of drug-likeness (QED) is 0.450. The number of hydrogen-bond donors (Lipinski definition) is 4. The first-order valence-corrected chi connectivity index (χ1v) is 9.23. The lowest BCUT2D eigenvalue weighted by Gasteiger charge is -2.40. The van der Waals surface area contributed by atoms with Gasteiger partial charge in [0.2, 0.25) is 11.9 Å². The highest BCUT2D eigenvalue weighted by Gasteiger charge is 2.38. The molecular weight excluding hydrogens is 386 g/mol. The van der Waals surface area contributed by atoms with E-state index in [9.17, 15) is 14.4 Å². The van der Waals surface area contributed by atoms with Gasteiger partial charge in [0, 0.05) is 18.3 Å². The van der Waals surface area contributed by atoms with Gasteiger partial charge in [-0.05, 0) is 49.7 Å². The summed E-state index contributed by atoms with van der Waals surface area (Å²) in [4.78, 5) is 39.6. The lowest BCUT2D eigenvalue weighted by molar-refractivity contribution is -0.129. The minimum Gasteiger partial charge on any atom is -0.463 e. The summed E-state index contributed by atoms with van der Waals surface area (Å²) in [5.41, 5.74) is 8.31. The lowest BCUT2D eigenvalue weighted by atomic mass is 9.86. The van der Waals surface area contributed by atoms with Gasteiger partial charge in [0.15, 0.2) is 5.78 Å². The van der Waals surface area contributed by atoms with E-state index >= 15 is 0 Å². The second kappa shape index (κ2) is 7.86. The average molecular weight is 409 g/mol. The van der Waals surface area contributed by atoms with Crippen molar-refractivity contribution in [3.05, 3.63) is 53.6 Å². The summed E-state index contributed by atoms with van der Waals surface area (Å²) in [5, 5.41) is 15.3. The van der Waals surface area contributed by atoms with E-state index in [1.54, 1.807) is 18.2 Å². The van der Waals surface area contributed by atoms with Gasteiger partial charge in [0.05, 0.1) is 23.3 Å². The van der Waals surface area contributed by atoms with E-state index in [1.165, 1.54) is 18.9 Å². The van der Waals surface area contributed by atoms with Gasteiger partial charge in [0.25, 0.3) is 0 Å². The maximum absolute atomic E-state index is 12.4. The van der Waals surface area contributed by atoms with Gasteiger partial charge in [-0.3, -0.25) is 14.5 Å². The molecule has 30 heavy (non-hydrogen) atoms. The molecule has 0 unspecified atom stereocenters. The minimum atomic E-state index is -1.39. The summed E-state index contributed by atoms with van der Waals surface area (Å²) in [6.45, 7) is 3.29. The van der Waals surface area contributed by atoms with Crippen LogP contribution in [0.4, 0.5) is 21.9 Å². The maximum atomic E-state index is 12.4. The lowest BCUT2D eigenvalue weighted by Crippen LogP contribution is -2.58. The number of hydrogen-bond acceptors (Lipinski definition) is 5. The molecule has 0 saturated carbocycles. The molecule has 0 spiro atoms. The Morgan fingerprint density at radius 2 is 2.00 bits per heavy atom. The van der Waals surface area contributed by atoms with Gasteiger partial charge in [-0.1, -0.05) is 12.1 Å². The Bertz CT molecular complexity index is 1070. The molecule has 2 amide bonds. The number of nitrogens with zero attached hydrogens (tertiary/aromatic N) is 2. The number of aliphatic imine (C=N–C) groups is 1. The molecule has 1 atom stereocenters. The van der Waals surface area contributed by atoms with Crippen molar-refractivity contribution in [3.8, 4) is 0 Å². The first kappa shape index (κ1) is 20.8. The molecule has 1 heterocycles. The molecular formula is C21H23N5O4. The highest BCUT2D eigenvalue weighted by Crippen LogP contribution is 2.32. The molecule has 0 bridgehead atoms. The van der Waals surface area contributed by atoms with Crippen LogP contribution in [0, 0.1) is 0 Å². The van der Waals surface area contributed by atoms with E-state index in [0.29, 0.717) is 16.9 Å². The van der Waals surface area contributed by atoms with Gasteiger partial charge in [0.1, 0.15) is 0 Å². The topological polar surface area (TPSA) is 137 Å². The number of amides is 2. The van der Waals surface area contributed by atoms with Crippen molar-refractivity contribution in [2.24, 2.45) is 4.99 Å². The summed E-state index contributed by atoms with van der Waals surface area (Å²) < 4.78 is 0. The maximum Gasteiger partial charge on any atom is 0.434 e. The van der Waals surface area contributed by atoms with Gasteiger partial charge in [-0.25, -0.2) is 4.79 Å². The van der Waals surface area contributed by atoms with Crippen LogP contribution in [0.2, 0.25) is 0 Å². The van der Waals surface area contributed by atoms with Gasteiger partial charge in [-0.15, -0.1) is 4.99 Å². The average Bonchev–Trinajstić information content (AvgIpc) is 2.67. The summed E-state index contributed by atoms with van der Waals surface area (Å²) in [6.07, 6.45) is -1.26. The van der Waals surface area contributed by atoms with Crippen LogP contribution in [-0.4, -0.2) is 40.8 Å². The van der Waals surface area contributed by atoms with Crippen LogP contribution in [0.25, 0.3) is 0 Å². The Kier molecular flexibility index (Phi) is 5.46. The number of carbonyl (C=O) groups is 3. The molecule has 1 saturated heterocycles. The third-order valence-electron chi connectivity index (χ3n) is 5.02. The van der Waals surface area contributed by atoms with E-state index in [4.69, 9.17) is 10.8 Å². The molecule has 2 aromatic rings. The predicted molar refractivity (Wildman–Crippen MR) is 114 cm³/mol. The number of nitrogen functional groups attached to an aromatic ring is 1. The van der Waals surface area contributed by atoms with Gasteiger partial charge >= 0.3 is 6.09 Å². The number of carbonyl (C=O) groups excluding carboxylic acids is 2. The largest absolute Gasteiger partial charge is 0.463 e. The fraction of sp³-hybridized carbons (Fsp3) is 0.238. The fourth-order valence-corrected chi connectivity index (χ4v) is 3.27. The van der Waals surface area contributed by atoms with E-state index in [0.717, 1.165) is 11.3 Å². The Hall–Kier alpha value is -3.88. The normalized spacial score (nSPS) is 20.0. The van der Waals surface area contributed by atoms with Crippen LogP contribution in [0.3, 0.4) is 0 Å². The number of guanidine groups is 1. The van der Waals surface area contributed by atoms with Crippen molar-refractivity contribution >= 4 is 40.8 Å². The molecule has 156 valence electrons. The van der Waals surface area contributed by atoms with Crippen LogP contribution in [0.5, 0.6) is 0 Å². The number of ketones is 1. The molecule has 2 aromatic carbocycles. The number of anilines is 3. The van der Waals surface area contributed by atoms with Crippen LogP contribution in [0.15, 0.2) is 47.5 Å². The first-order valence-electron chi connectivity index (χ1n) is 9.23. The number of carboxylic acid groups (broad SMARTS) is 1. The predicted octanol–water partition coefficient (Wildman–Crippen LogP) is 2.92. The number of Topliss-reactive ketones (excluding diaryl/α,β-unsaturated/α-hetero) is 1. The molecule has 0 radical (unpaired) electrons. The Balaban J connectivity index is 1.90. The number of benzene rings is 2.